The molecule has 0 aromatic carbocycles. The van der Waals surface area contributed by atoms with Gasteiger partial charge < -0.3 is 11.1 Å². The van der Waals surface area contributed by atoms with Crippen LogP contribution in [0.1, 0.15) is 37.4 Å². The molecule has 4 nitrogen and oxygen atoms in total. The van der Waals surface area contributed by atoms with E-state index in [2.05, 4.69) is 22.2 Å². The average Bonchev–Trinajstić information content (AvgIpc) is 2.77. The van der Waals surface area contributed by atoms with Gasteiger partial charge in [0.15, 0.2) is 0 Å². The number of nitrogens with one attached hydrogen (secondary N) is 1. The topological polar surface area (TPSA) is 63.8 Å². The van der Waals surface area contributed by atoms with Gasteiger partial charge in [-0.3, -0.25) is 0 Å². The van der Waals surface area contributed by atoms with E-state index in [4.69, 9.17) is 5.73 Å². The van der Waals surface area contributed by atoms with E-state index in [9.17, 15) is 0 Å². The Morgan fingerprint density at radius 3 is 3.12 bits per heavy atom. The molecule has 1 aromatic rings. The Morgan fingerprint density at radius 2 is 2.31 bits per heavy atom. The largest absolute Gasteiger partial charge is 0.370 e. The van der Waals surface area contributed by atoms with E-state index >= 15 is 0 Å². The number of nitrogens with two attached hydrogens (primary N) is 1. The summed E-state index contributed by atoms with van der Waals surface area (Å²) in [7, 11) is 0. The first kappa shape index (κ1) is 11.3. The van der Waals surface area contributed by atoms with E-state index < -0.39 is 0 Å². The van der Waals surface area contributed by atoms with Gasteiger partial charge in [-0.15, -0.1) is 0 Å². The molecule has 4 heteroatoms. The van der Waals surface area contributed by atoms with E-state index in [1.54, 1.807) is 6.33 Å². The molecule has 0 saturated heterocycles. The monoisotopic (exact) mass is 220 g/mol. The first-order valence-corrected chi connectivity index (χ1v) is 6.13. The molecular weight excluding hydrogens is 200 g/mol. The molecule has 1 aliphatic carbocycles. The Labute approximate surface area is 96.7 Å². The number of fused-ring (bicyclic) bond motifs is 1. The molecule has 0 fully saturated rings. The molecule has 0 spiro atoms. The lowest BCUT2D eigenvalue weighted by molar-refractivity contribution is 0.612. The van der Waals surface area contributed by atoms with Crippen molar-refractivity contribution in [2.75, 3.05) is 11.9 Å². The molecule has 3 N–H and O–H groups in total. The summed E-state index contributed by atoms with van der Waals surface area (Å²) >= 11 is 0. The summed E-state index contributed by atoms with van der Waals surface area (Å²) < 4.78 is 0. The van der Waals surface area contributed by atoms with Gasteiger partial charge in [0.1, 0.15) is 12.1 Å². The Balaban J connectivity index is 1.92. The minimum Gasteiger partial charge on any atom is -0.370 e. The van der Waals surface area contributed by atoms with Gasteiger partial charge in [-0.2, -0.15) is 0 Å². The Morgan fingerprint density at radius 1 is 1.44 bits per heavy atom. The van der Waals surface area contributed by atoms with Crippen LogP contribution in [0.2, 0.25) is 0 Å². The number of nitrogens with zero attached hydrogens (tertiary/aromatic N) is 2. The van der Waals surface area contributed by atoms with Crippen molar-refractivity contribution in [1.82, 2.24) is 9.97 Å². The number of hydrogen-bond donors (Lipinski definition) is 2. The van der Waals surface area contributed by atoms with Crippen molar-refractivity contribution in [2.45, 2.75) is 45.1 Å². The maximum Gasteiger partial charge on any atom is 0.132 e. The third-order valence-corrected chi connectivity index (χ3v) is 3.21. The number of aryl methyl sites for hydroxylation is 1. The molecule has 1 aromatic heterocycles. The Kier molecular flexibility index (Phi) is 3.72. The second-order valence-corrected chi connectivity index (χ2v) is 4.38. The normalized spacial score (nSPS) is 15.9. The van der Waals surface area contributed by atoms with Crippen molar-refractivity contribution in [3.05, 3.63) is 17.6 Å². The molecule has 0 bridgehead atoms. The van der Waals surface area contributed by atoms with Crippen molar-refractivity contribution < 1.29 is 0 Å². The molecule has 0 aliphatic heterocycles. The van der Waals surface area contributed by atoms with Crippen molar-refractivity contribution in [3.8, 4) is 0 Å². The van der Waals surface area contributed by atoms with Crippen LogP contribution in [0.5, 0.6) is 0 Å². The van der Waals surface area contributed by atoms with Gasteiger partial charge in [-0.1, -0.05) is 6.92 Å². The minimum atomic E-state index is 0.294. The fourth-order valence-electron chi connectivity index (χ4n) is 2.09. The van der Waals surface area contributed by atoms with E-state index in [-0.39, 0.29) is 0 Å². The molecule has 1 heterocycles. The van der Waals surface area contributed by atoms with Gasteiger partial charge in [-0.05, 0) is 32.1 Å². The second-order valence-electron chi connectivity index (χ2n) is 4.38. The summed E-state index contributed by atoms with van der Waals surface area (Å²) in [4.78, 5) is 8.61. The molecular formula is C12H20N4. The first-order valence-electron chi connectivity index (χ1n) is 6.13. The van der Waals surface area contributed by atoms with Crippen LogP contribution in [0.25, 0.3) is 0 Å². The number of rotatable bonds is 5. The van der Waals surface area contributed by atoms with Gasteiger partial charge in [0.05, 0.1) is 0 Å². The van der Waals surface area contributed by atoms with Gasteiger partial charge >= 0.3 is 0 Å². The van der Waals surface area contributed by atoms with E-state index in [1.807, 2.05) is 0 Å². The third kappa shape index (κ3) is 2.50. The molecule has 1 atom stereocenters. The quantitative estimate of drug-likeness (QED) is 0.789. The molecule has 0 amide bonds. The maximum absolute atomic E-state index is 5.88. The third-order valence-electron chi connectivity index (χ3n) is 3.21. The van der Waals surface area contributed by atoms with Crippen LogP contribution in [0.4, 0.5) is 5.82 Å². The lowest BCUT2D eigenvalue weighted by atomic mass is 10.1. The highest BCUT2D eigenvalue weighted by Crippen LogP contribution is 2.24. The number of anilines is 1. The van der Waals surface area contributed by atoms with Crippen molar-refractivity contribution in [2.24, 2.45) is 5.73 Å². The summed E-state index contributed by atoms with van der Waals surface area (Å²) in [5, 5.41) is 3.38. The van der Waals surface area contributed by atoms with E-state index in [1.165, 1.54) is 17.7 Å². The van der Waals surface area contributed by atoms with Gasteiger partial charge in [0.25, 0.3) is 0 Å². The van der Waals surface area contributed by atoms with Gasteiger partial charge in [0.2, 0.25) is 0 Å². The van der Waals surface area contributed by atoms with Crippen LogP contribution in [0.15, 0.2) is 6.33 Å². The number of aromatic nitrogens is 2. The van der Waals surface area contributed by atoms with E-state index in [0.29, 0.717) is 6.04 Å². The molecule has 2 rings (SSSR count). The van der Waals surface area contributed by atoms with E-state index in [0.717, 1.165) is 38.0 Å². The van der Waals surface area contributed by atoms with Crippen LogP contribution in [0, 0.1) is 0 Å². The van der Waals surface area contributed by atoms with Crippen LogP contribution in [0.3, 0.4) is 0 Å². The highest BCUT2D eigenvalue weighted by Gasteiger charge is 2.16. The van der Waals surface area contributed by atoms with Crippen molar-refractivity contribution >= 4 is 5.82 Å². The minimum absolute atomic E-state index is 0.294. The predicted octanol–water partition coefficient (Wildman–Crippen LogP) is 1.50. The fraction of sp³-hybridized carbons (Fsp3) is 0.667. The summed E-state index contributed by atoms with van der Waals surface area (Å²) in [5.41, 5.74) is 8.41. The smallest absolute Gasteiger partial charge is 0.132 e. The summed E-state index contributed by atoms with van der Waals surface area (Å²) in [6.45, 7) is 3.02. The van der Waals surface area contributed by atoms with Crippen molar-refractivity contribution in [1.29, 1.82) is 0 Å². The average molecular weight is 220 g/mol. The molecule has 1 unspecified atom stereocenters. The highest BCUT2D eigenvalue weighted by atomic mass is 15.0. The fourth-order valence-corrected chi connectivity index (χ4v) is 2.09. The van der Waals surface area contributed by atoms with Crippen molar-refractivity contribution in [3.63, 3.8) is 0 Å². The zero-order chi connectivity index (χ0) is 11.4. The summed E-state index contributed by atoms with van der Waals surface area (Å²) in [6, 6.07) is 0.294. The molecule has 16 heavy (non-hydrogen) atoms. The van der Waals surface area contributed by atoms with Gasteiger partial charge in [-0.25, -0.2) is 9.97 Å². The SMILES string of the molecule is CCC(N)CCNc1ncnc2c1CCC2. The van der Waals surface area contributed by atoms with Crippen LogP contribution < -0.4 is 11.1 Å². The summed E-state index contributed by atoms with van der Waals surface area (Å²) in [5.74, 6) is 1.02. The Hall–Kier alpha value is -1.16. The van der Waals surface area contributed by atoms with Crippen LogP contribution in [-0.4, -0.2) is 22.6 Å². The highest BCUT2D eigenvalue weighted by molar-refractivity contribution is 5.47. The predicted molar refractivity (Wildman–Crippen MR) is 65.4 cm³/mol. The lowest BCUT2D eigenvalue weighted by Crippen LogP contribution is -2.22. The first-order chi connectivity index (χ1) is 7.81. The lowest BCUT2D eigenvalue weighted by Gasteiger charge is -2.12. The molecule has 0 radical (unpaired) electrons. The molecule has 0 saturated carbocycles. The second kappa shape index (κ2) is 5.25. The van der Waals surface area contributed by atoms with Crippen LogP contribution >= 0.6 is 0 Å². The standard InChI is InChI=1S/C12H20N4/c1-2-9(13)6-7-14-12-10-4-3-5-11(10)15-8-16-12/h8-9H,2-7,13H2,1H3,(H,14,15,16). The summed E-state index contributed by atoms with van der Waals surface area (Å²) in [6.07, 6.45) is 7.10. The zero-order valence-corrected chi connectivity index (χ0v) is 9.87. The van der Waals surface area contributed by atoms with Crippen LogP contribution in [-0.2, 0) is 12.8 Å². The van der Waals surface area contributed by atoms with Gasteiger partial charge in [0, 0.05) is 23.8 Å². The molecule has 1 aliphatic rings. The maximum atomic E-state index is 5.88. The Bertz CT molecular complexity index is 351. The molecule has 88 valence electrons. The number of hydrogen-bond acceptors (Lipinski definition) is 4. The zero-order valence-electron chi connectivity index (χ0n) is 9.87.